The lowest BCUT2D eigenvalue weighted by Crippen LogP contribution is -2.23. The lowest BCUT2D eigenvalue weighted by atomic mass is 10.2. The van der Waals surface area contributed by atoms with Crippen molar-refractivity contribution in [2.45, 2.75) is 26.9 Å². The van der Waals surface area contributed by atoms with Crippen molar-refractivity contribution >= 4 is 11.6 Å². The third-order valence-corrected chi connectivity index (χ3v) is 2.92. The molecule has 0 aliphatic rings. The Labute approximate surface area is 120 Å². The van der Waals surface area contributed by atoms with E-state index in [-0.39, 0.29) is 22.4 Å². The van der Waals surface area contributed by atoms with Crippen LogP contribution < -0.4 is 10.3 Å². The quantitative estimate of drug-likeness (QED) is 0.874. The molecule has 0 unspecified atom stereocenters. The predicted molar refractivity (Wildman–Crippen MR) is 75.3 cm³/mol. The monoisotopic (exact) mass is 296 g/mol. The number of rotatable bonds is 3. The van der Waals surface area contributed by atoms with Crippen LogP contribution in [0.4, 0.5) is 4.39 Å². The molecular formula is C14H14ClFN2O2. The second-order valence-electron chi connectivity index (χ2n) is 4.63. The van der Waals surface area contributed by atoms with E-state index in [0.29, 0.717) is 11.3 Å². The van der Waals surface area contributed by atoms with Gasteiger partial charge in [-0.2, -0.15) is 9.78 Å². The smallest absolute Gasteiger partial charge is 0.274 e. The molecule has 0 bridgehead atoms. The van der Waals surface area contributed by atoms with Crippen molar-refractivity contribution in [1.82, 2.24) is 9.78 Å². The van der Waals surface area contributed by atoms with E-state index >= 15 is 0 Å². The first-order valence-corrected chi connectivity index (χ1v) is 6.49. The summed E-state index contributed by atoms with van der Waals surface area (Å²) >= 11 is 5.93. The molecule has 106 valence electrons. The summed E-state index contributed by atoms with van der Waals surface area (Å²) in [7, 11) is 0. The predicted octanol–water partition coefficient (Wildman–Crippen LogP) is 3.12. The highest BCUT2D eigenvalue weighted by Gasteiger charge is 2.14. The first kappa shape index (κ1) is 14.5. The zero-order chi connectivity index (χ0) is 14.9. The van der Waals surface area contributed by atoms with Gasteiger partial charge in [0.1, 0.15) is 11.4 Å². The fraction of sp³-hybridized carbons (Fsp3) is 0.286. The van der Waals surface area contributed by atoms with E-state index in [0.717, 1.165) is 10.7 Å². The molecular weight excluding hydrogens is 283 g/mol. The number of aryl methyl sites for hydroxylation is 1. The summed E-state index contributed by atoms with van der Waals surface area (Å²) in [4.78, 5) is 12.0. The summed E-state index contributed by atoms with van der Waals surface area (Å²) < 4.78 is 20.5. The van der Waals surface area contributed by atoms with Gasteiger partial charge < -0.3 is 4.74 Å². The minimum Gasteiger partial charge on any atom is -0.489 e. The number of aromatic nitrogens is 2. The van der Waals surface area contributed by atoms with Crippen molar-refractivity contribution in [2.75, 3.05) is 0 Å². The molecule has 0 atom stereocenters. The molecule has 2 rings (SSSR count). The van der Waals surface area contributed by atoms with Gasteiger partial charge in [-0.1, -0.05) is 11.6 Å². The van der Waals surface area contributed by atoms with Gasteiger partial charge in [0.15, 0.2) is 5.82 Å². The van der Waals surface area contributed by atoms with Gasteiger partial charge in [-0.15, -0.1) is 0 Å². The van der Waals surface area contributed by atoms with Gasteiger partial charge in [0, 0.05) is 17.8 Å². The highest BCUT2D eigenvalue weighted by atomic mass is 35.5. The molecule has 0 fully saturated rings. The van der Waals surface area contributed by atoms with Crippen LogP contribution in [-0.2, 0) is 0 Å². The maximum atomic E-state index is 14.0. The molecule has 0 saturated carbocycles. The van der Waals surface area contributed by atoms with Crippen molar-refractivity contribution in [1.29, 1.82) is 0 Å². The van der Waals surface area contributed by atoms with E-state index in [9.17, 15) is 9.18 Å². The Balaban J connectivity index is 2.62. The SMILES string of the molecule is Cc1ccnn(-c2cc(OC(C)C)c(Cl)cc2F)c1=O. The zero-order valence-corrected chi connectivity index (χ0v) is 12.1. The Hall–Kier alpha value is -1.88. The molecule has 4 nitrogen and oxygen atoms in total. The molecule has 1 aromatic heterocycles. The molecule has 0 amide bonds. The van der Waals surface area contributed by atoms with Gasteiger partial charge in [-0.3, -0.25) is 4.79 Å². The Kier molecular flexibility index (Phi) is 4.09. The number of benzene rings is 1. The van der Waals surface area contributed by atoms with Crippen LogP contribution in [0, 0.1) is 12.7 Å². The molecule has 0 radical (unpaired) electrons. The maximum absolute atomic E-state index is 14.0. The molecule has 0 spiro atoms. The summed E-state index contributed by atoms with van der Waals surface area (Å²) in [6.07, 6.45) is 1.32. The van der Waals surface area contributed by atoms with Crippen molar-refractivity contribution in [2.24, 2.45) is 0 Å². The van der Waals surface area contributed by atoms with E-state index < -0.39 is 5.82 Å². The second-order valence-corrected chi connectivity index (χ2v) is 5.04. The van der Waals surface area contributed by atoms with Gasteiger partial charge in [0.25, 0.3) is 5.56 Å². The van der Waals surface area contributed by atoms with Crippen molar-refractivity contribution in [3.63, 3.8) is 0 Å². The Bertz CT molecular complexity index is 698. The fourth-order valence-electron chi connectivity index (χ4n) is 1.70. The number of nitrogens with zero attached hydrogens (tertiary/aromatic N) is 2. The average Bonchev–Trinajstić information content (AvgIpc) is 2.36. The van der Waals surface area contributed by atoms with E-state index in [1.807, 2.05) is 13.8 Å². The molecule has 0 saturated heterocycles. The van der Waals surface area contributed by atoms with E-state index in [1.165, 1.54) is 12.3 Å². The highest BCUT2D eigenvalue weighted by Crippen LogP contribution is 2.29. The first-order valence-electron chi connectivity index (χ1n) is 6.11. The van der Waals surface area contributed by atoms with Crippen LogP contribution in [0.25, 0.3) is 5.69 Å². The molecule has 1 aromatic carbocycles. The Morgan fingerprint density at radius 1 is 1.40 bits per heavy atom. The average molecular weight is 297 g/mol. The van der Waals surface area contributed by atoms with Crippen LogP contribution in [0.3, 0.4) is 0 Å². The number of ether oxygens (including phenoxy) is 1. The van der Waals surface area contributed by atoms with Gasteiger partial charge in [-0.25, -0.2) is 4.39 Å². The minimum absolute atomic E-state index is 0.0127. The molecule has 0 aliphatic heterocycles. The summed E-state index contributed by atoms with van der Waals surface area (Å²) in [5.74, 6) is -0.320. The van der Waals surface area contributed by atoms with Gasteiger partial charge in [-0.05, 0) is 32.9 Å². The molecule has 6 heteroatoms. The number of hydrogen-bond donors (Lipinski definition) is 0. The molecule has 2 aromatic rings. The summed E-state index contributed by atoms with van der Waals surface area (Å²) in [5.41, 5.74) is 0.101. The van der Waals surface area contributed by atoms with Crippen LogP contribution >= 0.6 is 11.6 Å². The lowest BCUT2D eigenvalue weighted by molar-refractivity contribution is 0.242. The topological polar surface area (TPSA) is 44.1 Å². The standard InChI is InChI=1S/C14H14ClFN2O2/c1-8(2)20-13-7-12(11(16)6-10(13)15)18-14(19)9(3)4-5-17-18/h4-8H,1-3H3. The summed E-state index contributed by atoms with van der Waals surface area (Å²) in [5, 5.41) is 4.04. The van der Waals surface area contributed by atoms with Crippen LogP contribution in [0.1, 0.15) is 19.4 Å². The normalized spacial score (nSPS) is 10.9. The van der Waals surface area contributed by atoms with Crippen LogP contribution in [0.5, 0.6) is 5.75 Å². The summed E-state index contributed by atoms with van der Waals surface area (Å²) in [6, 6.07) is 4.06. The highest BCUT2D eigenvalue weighted by molar-refractivity contribution is 6.32. The van der Waals surface area contributed by atoms with E-state index in [2.05, 4.69) is 5.10 Å². The second kappa shape index (κ2) is 5.63. The van der Waals surface area contributed by atoms with Crippen molar-refractivity contribution < 1.29 is 9.13 Å². The minimum atomic E-state index is -0.633. The Morgan fingerprint density at radius 3 is 2.75 bits per heavy atom. The van der Waals surface area contributed by atoms with Crippen molar-refractivity contribution in [3.05, 3.63) is 51.2 Å². The van der Waals surface area contributed by atoms with Crippen LogP contribution in [0.15, 0.2) is 29.2 Å². The Morgan fingerprint density at radius 2 is 2.10 bits per heavy atom. The third kappa shape index (κ3) is 2.82. The molecule has 1 heterocycles. The summed E-state index contributed by atoms with van der Waals surface area (Å²) in [6.45, 7) is 5.30. The fourth-order valence-corrected chi connectivity index (χ4v) is 1.89. The van der Waals surface area contributed by atoms with Crippen LogP contribution in [0.2, 0.25) is 5.02 Å². The third-order valence-electron chi connectivity index (χ3n) is 2.63. The zero-order valence-electron chi connectivity index (χ0n) is 11.4. The number of halogens is 2. The maximum Gasteiger partial charge on any atom is 0.274 e. The van der Waals surface area contributed by atoms with Gasteiger partial charge in [0.05, 0.1) is 11.1 Å². The van der Waals surface area contributed by atoms with Gasteiger partial charge >= 0.3 is 0 Å². The molecule has 20 heavy (non-hydrogen) atoms. The first-order chi connectivity index (χ1) is 9.40. The largest absolute Gasteiger partial charge is 0.489 e. The molecule has 0 N–H and O–H groups in total. The lowest BCUT2D eigenvalue weighted by Gasteiger charge is -2.14. The number of hydrogen-bond acceptors (Lipinski definition) is 3. The van der Waals surface area contributed by atoms with E-state index in [1.54, 1.807) is 13.0 Å². The van der Waals surface area contributed by atoms with Crippen molar-refractivity contribution in [3.8, 4) is 11.4 Å². The van der Waals surface area contributed by atoms with Crippen LogP contribution in [-0.4, -0.2) is 15.9 Å². The molecule has 0 aliphatic carbocycles. The van der Waals surface area contributed by atoms with E-state index in [4.69, 9.17) is 16.3 Å². The van der Waals surface area contributed by atoms with Gasteiger partial charge in [0.2, 0.25) is 0 Å².